The van der Waals surface area contributed by atoms with Gasteiger partial charge in [-0.3, -0.25) is 4.79 Å². The van der Waals surface area contributed by atoms with Crippen LogP contribution >= 0.6 is 11.6 Å². The number of carbonyl (C=O) groups is 1. The molecule has 0 unspecified atom stereocenters. The summed E-state index contributed by atoms with van der Waals surface area (Å²) in [6.45, 7) is 0.433. The molecule has 168 valence electrons. The minimum atomic E-state index is -0.325. The number of nitrogens with zero attached hydrogens (tertiary/aromatic N) is 2. The molecule has 0 N–H and O–H groups in total. The predicted octanol–water partition coefficient (Wildman–Crippen LogP) is 7.13. The van der Waals surface area contributed by atoms with Crippen molar-refractivity contribution >= 4 is 28.6 Å². The number of aromatic nitrogens is 1. The van der Waals surface area contributed by atoms with E-state index in [0.29, 0.717) is 27.6 Å². The van der Waals surface area contributed by atoms with Crippen LogP contribution in [0.4, 0.5) is 4.39 Å². The maximum atomic E-state index is 13.5. The van der Waals surface area contributed by atoms with Crippen molar-refractivity contribution in [3.05, 3.63) is 125 Å². The molecular weight excluding hydrogens is 451 g/mol. The topological polar surface area (TPSA) is 46.3 Å². The van der Waals surface area contributed by atoms with Crippen molar-refractivity contribution in [2.75, 3.05) is 0 Å². The van der Waals surface area contributed by atoms with Crippen LogP contribution in [0.5, 0.6) is 0 Å². The lowest BCUT2D eigenvalue weighted by Crippen LogP contribution is -2.30. The van der Waals surface area contributed by atoms with Crippen LogP contribution in [-0.4, -0.2) is 15.8 Å². The second-order valence-electron chi connectivity index (χ2n) is 7.95. The second kappa shape index (κ2) is 9.49. The van der Waals surface area contributed by atoms with Gasteiger partial charge in [-0.1, -0.05) is 66.2 Å². The molecule has 1 aromatic heterocycles. The molecule has 0 bridgehead atoms. The van der Waals surface area contributed by atoms with Crippen LogP contribution in [0, 0.1) is 5.82 Å². The van der Waals surface area contributed by atoms with Crippen molar-refractivity contribution in [1.29, 1.82) is 0 Å². The molecule has 0 aliphatic heterocycles. The third kappa shape index (κ3) is 4.85. The summed E-state index contributed by atoms with van der Waals surface area (Å²) in [5.74, 6) is -0.105. The highest BCUT2D eigenvalue weighted by Gasteiger charge is 2.20. The lowest BCUT2D eigenvalue weighted by atomic mass is 10.0. The van der Waals surface area contributed by atoms with Crippen LogP contribution < -0.4 is 0 Å². The molecule has 34 heavy (non-hydrogen) atoms. The first kappa shape index (κ1) is 21.9. The van der Waals surface area contributed by atoms with Gasteiger partial charge < -0.3 is 9.32 Å². The average molecular weight is 471 g/mol. The van der Waals surface area contributed by atoms with E-state index in [1.165, 1.54) is 12.1 Å². The van der Waals surface area contributed by atoms with Gasteiger partial charge in [0.25, 0.3) is 5.91 Å². The summed E-state index contributed by atoms with van der Waals surface area (Å²) < 4.78 is 19.3. The van der Waals surface area contributed by atoms with Crippen LogP contribution in [0.25, 0.3) is 22.2 Å². The van der Waals surface area contributed by atoms with Crippen LogP contribution in [0.15, 0.2) is 101 Å². The number of hydrogen-bond donors (Lipinski definition) is 0. The molecule has 1 amide bonds. The summed E-state index contributed by atoms with van der Waals surface area (Å²) in [6.07, 6.45) is 0. The van der Waals surface area contributed by atoms with Crippen molar-refractivity contribution in [3.8, 4) is 11.1 Å². The lowest BCUT2D eigenvalue weighted by Gasteiger charge is -2.21. The van der Waals surface area contributed by atoms with E-state index in [1.807, 2.05) is 54.6 Å². The first-order chi connectivity index (χ1) is 16.5. The molecule has 1 heterocycles. The smallest absolute Gasteiger partial charge is 0.254 e. The maximum Gasteiger partial charge on any atom is 0.254 e. The maximum absolute atomic E-state index is 13.5. The second-order valence-corrected chi connectivity index (χ2v) is 8.39. The summed E-state index contributed by atoms with van der Waals surface area (Å²) in [5.41, 5.74) is 4.67. The van der Waals surface area contributed by atoms with E-state index >= 15 is 0 Å². The number of rotatable bonds is 6. The zero-order valence-corrected chi connectivity index (χ0v) is 18.9. The summed E-state index contributed by atoms with van der Waals surface area (Å²) in [5, 5.41) is 0.560. The summed E-state index contributed by atoms with van der Waals surface area (Å²) in [4.78, 5) is 19.6. The molecule has 0 aliphatic carbocycles. The van der Waals surface area contributed by atoms with Gasteiger partial charge in [0.15, 0.2) is 5.58 Å². The van der Waals surface area contributed by atoms with Gasteiger partial charge in [0.2, 0.25) is 5.89 Å². The fourth-order valence-electron chi connectivity index (χ4n) is 3.81. The van der Waals surface area contributed by atoms with E-state index in [4.69, 9.17) is 16.0 Å². The number of carbonyl (C=O) groups excluding carboxylic acids is 1. The Morgan fingerprint density at radius 3 is 2.29 bits per heavy atom. The van der Waals surface area contributed by atoms with E-state index in [-0.39, 0.29) is 24.8 Å². The minimum absolute atomic E-state index is 0.156. The molecule has 0 radical (unpaired) electrons. The van der Waals surface area contributed by atoms with Gasteiger partial charge in [-0.05, 0) is 59.2 Å². The van der Waals surface area contributed by atoms with E-state index in [1.54, 1.807) is 35.2 Å². The van der Waals surface area contributed by atoms with E-state index in [0.717, 1.165) is 16.7 Å². The van der Waals surface area contributed by atoms with Gasteiger partial charge in [0.1, 0.15) is 11.3 Å². The summed E-state index contributed by atoms with van der Waals surface area (Å²) >= 11 is 6.06. The fourth-order valence-corrected chi connectivity index (χ4v) is 3.97. The quantitative estimate of drug-likeness (QED) is 0.265. The summed E-state index contributed by atoms with van der Waals surface area (Å²) in [6, 6.07) is 28.8. The first-order valence-electron chi connectivity index (χ1n) is 10.8. The zero-order valence-electron chi connectivity index (χ0n) is 18.1. The van der Waals surface area contributed by atoms with Crippen LogP contribution in [0.1, 0.15) is 21.8 Å². The molecule has 5 rings (SSSR count). The Morgan fingerprint density at radius 1 is 0.853 bits per heavy atom. The van der Waals surface area contributed by atoms with Crippen LogP contribution in [0.3, 0.4) is 0 Å². The van der Waals surface area contributed by atoms with Gasteiger partial charge in [0, 0.05) is 17.1 Å². The standard InChI is InChI=1S/C28H20ClFN2O2/c29-23-12-15-26-25(16-23)31-27(34-26)18-32(17-19-6-13-24(30)14-7-19)28(33)22-10-8-21(9-11-22)20-4-2-1-3-5-20/h1-16H,17-18H2. The Labute approximate surface area is 201 Å². The number of fused-ring (bicyclic) bond motifs is 1. The molecule has 0 saturated carbocycles. The predicted molar refractivity (Wildman–Crippen MR) is 131 cm³/mol. The SMILES string of the molecule is O=C(c1ccc(-c2ccccc2)cc1)N(Cc1ccc(F)cc1)Cc1nc2cc(Cl)ccc2o1. The molecule has 0 saturated heterocycles. The Bertz CT molecular complexity index is 1430. The van der Waals surface area contributed by atoms with Gasteiger partial charge >= 0.3 is 0 Å². The summed E-state index contributed by atoms with van der Waals surface area (Å²) in [7, 11) is 0. The highest BCUT2D eigenvalue weighted by atomic mass is 35.5. The van der Waals surface area contributed by atoms with Gasteiger partial charge in [-0.15, -0.1) is 0 Å². The molecular formula is C28H20ClFN2O2. The van der Waals surface area contributed by atoms with E-state index in [2.05, 4.69) is 4.98 Å². The highest BCUT2D eigenvalue weighted by molar-refractivity contribution is 6.31. The van der Waals surface area contributed by atoms with Gasteiger partial charge in [-0.2, -0.15) is 0 Å². The van der Waals surface area contributed by atoms with Crippen molar-refractivity contribution < 1.29 is 13.6 Å². The lowest BCUT2D eigenvalue weighted by molar-refractivity contribution is 0.0715. The first-order valence-corrected chi connectivity index (χ1v) is 11.2. The number of halogens is 2. The third-order valence-corrected chi connectivity index (χ3v) is 5.77. The van der Waals surface area contributed by atoms with Crippen molar-refractivity contribution in [1.82, 2.24) is 9.88 Å². The third-order valence-electron chi connectivity index (χ3n) is 5.53. The minimum Gasteiger partial charge on any atom is -0.439 e. The molecule has 5 aromatic rings. The van der Waals surface area contributed by atoms with E-state index < -0.39 is 0 Å². The molecule has 0 atom stereocenters. The van der Waals surface area contributed by atoms with E-state index in [9.17, 15) is 9.18 Å². The molecule has 4 aromatic carbocycles. The Morgan fingerprint density at radius 2 is 1.56 bits per heavy atom. The zero-order chi connectivity index (χ0) is 23.5. The molecule has 0 aliphatic rings. The van der Waals surface area contributed by atoms with Crippen molar-refractivity contribution in [2.24, 2.45) is 0 Å². The number of amides is 1. The number of oxazole rings is 1. The average Bonchev–Trinajstić information content (AvgIpc) is 3.26. The van der Waals surface area contributed by atoms with Crippen LogP contribution in [-0.2, 0) is 13.1 Å². The Hall–Kier alpha value is -3.96. The number of benzene rings is 4. The molecule has 0 spiro atoms. The highest BCUT2D eigenvalue weighted by Crippen LogP contribution is 2.23. The molecule has 0 fully saturated rings. The van der Waals surface area contributed by atoms with Gasteiger partial charge in [0.05, 0.1) is 6.54 Å². The van der Waals surface area contributed by atoms with Crippen LogP contribution in [0.2, 0.25) is 5.02 Å². The number of hydrogen-bond acceptors (Lipinski definition) is 3. The van der Waals surface area contributed by atoms with Gasteiger partial charge in [-0.25, -0.2) is 9.37 Å². The Balaban J connectivity index is 1.43. The monoisotopic (exact) mass is 470 g/mol. The molecule has 6 heteroatoms. The van der Waals surface area contributed by atoms with Crippen molar-refractivity contribution in [3.63, 3.8) is 0 Å². The van der Waals surface area contributed by atoms with Crippen molar-refractivity contribution in [2.45, 2.75) is 13.1 Å². The fraction of sp³-hybridized carbons (Fsp3) is 0.0714. The largest absolute Gasteiger partial charge is 0.439 e. The normalized spacial score (nSPS) is 11.0. The molecule has 4 nitrogen and oxygen atoms in total. The Kier molecular flexibility index (Phi) is 6.11.